The highest BCUT2D eigenvalue weighted by Gasteiger charge is 2.62. The molecule has 0 saturated carbocycles. The zero-order valence-electron chi connectivity index (χ0n) is 65.5. The van der Waals surface area contributed by atoms with Gasteiger partial charge < -0.3 is 88.1 Å². The number of hydrogen-bond acceptors (Lipinski definition) is 36. The number of aromatic amines is 3. The number of alkyl halides is 4. The van der Waals surface area contributed by atoms with E-state index >= 15 is 17.6 Å². The Morgan fingerprint density at radius 3 is 1.15 bits per heavy atom. The summed E-state index contributed by atoms with van der Waals surface area (Å²) < 4.78 is 242. The Labute approximate surface area is 694 Å². The summed E-state index contributed by atoms with van der Waals surface area (Å²) in [6, 6.07) is 25.3. The topological polar surface area (TPSA) is 575 Å². The maximum absolute atomic E-state index is 15.8. The van der Waals surface area contributed by atoms with Crippen LogP contribution in [0.2, 0.25) is 15.1 Å². The maximum atomic E-state index is 15.8. The highest BCUT2D eigenvalue weighted by molar-refractivity contribution is 7.49. The molecule has 9 aliphatic rings. The monoisotopic (exact) mass is 1860 g/mol. The number of ether oxygens (including phenoxy) is 4. The van der Waals surface area contributed by atoms with Gasteiger partial charge in [-0.25, -0.2) is 50.2 Å². The molecule has 3 aromatic heterocycles. The first-order chi connectivity index (χ1) is 58.7. The molecule has 0 radical (unpaired) electrons. The van der Waals surface area contributed by atoms with E-state index in [4.69, 9.17) is 123 Å². The molecule has 55 heteroatoms. The standard InChI is InChI=1S/C17H17ClFN2O8P.3C16H15ClFN2O9P/c1-9-20-15(24)11(18)6-21(9)16-13(22)14(23)17(19,28-16)8-27-30(25)26-7-10-4-2-3-5-12(10)29-30;3*17-9-5-20(15(24)19-13(9)23)14-11(21)12(22)16(18,28-14)7-27-30(25)26-6-8-3-1-2-4-10(8)29-30/h2-6,13-14,16,22-23H,1,7-8H2,(H,20,24);3*1-5,11-12,14,21-22H,6-7H2,(H,19,23,24)/t13-,14+,16-,17-,30?;3*11-,12+,14-,16-,30?/m1111/s1/i8D2,16D;14D;7D2;. The number of carbonyl (C=O) groups excluding carboxylic acids is 1. The molecule has 9 aliphatic heterocycles. The van der Waals surface area contributed by atoms with Crippen LogP contribution in [0.4, 0.5) is 17.6 Å². The predicted molar refractivity (Wildman–Crippen MR) is 392 cm³/mol. The van der Waals surface area contributed by atoms with Crippen LogP contribution in [0.3, 0.4) is 0 Å². The van der Waals surface area contributed by atoms with Crippen LogP contribution in [-0.2, 0) is 105 Å². The minimum atomic E-state index is -4.78. The number of phosphoric acid groups is 4. The number of aliphatic hydroxyl groups is 8. The smallest absolute Gasteiger partial charge is 0.404 e. The fourth-order valence-corrected chi connectivity index (χ4v) is 16.6. The average molecular weight is 1860 g/mol. The van der Waals surface area contributed by atoms with Crippen molar-refractivity contribution in [2.24, 2.45) is 0 Å². The lowest BCUT2D eigenvalue weighted by Gasteiger charge is -2.33. The van der Waals surface area contributed by atoms with Gasteiger partial charge >= 0.3 is 48.4 Å². The number of aromatic nitrogens is 6. The van der Waals surface area contributed by atoms with Gasteiger partial charge in [0.2, 0.25) is 0 Å². The van der Waals surface area contributed by atoms with Crippen LogP contribution in [-0.4, -0.2) is 185 Å². The number of para-hydroxylation sites is 4. The number of H-pyrrole nitrogens is 3. The molecule has 4 unspecified atom stereocenters. The Balaban J connectivity index is 0.000000144. The zero-order chi connectivity index (χ0) is 92.2. The van der Waals surface area contributed by atoms with Gasteiger partial charge in [-0.1, -0.05) is 126 Å². The molecule has 1 amide bonds. The second kappa shape index (κ2) is 34.9. The van der Waals surface area contributed by atoms with Gasteiger partial charge in [-0.15, -0.1) is 0 Å². The Kier molecular flexibility index (Phi) is 23.7. The first kappa shape index (κ1) is 81.5. The van der Waals surface area contributed by atoms with Crippen LogP contribution in [0.1, 0.15) is 49.1 Å². The fraction of sp³-hybridized carbons (Fsp3) is 0.369. The molecule has 43 nitrogen and oxygen atoms in total. The summed E-state index contributed by atoms with van der Waals surface area (Å²) in [6.07, 6.45) is -25.8. The zero-order valence-corrected chi connectivity index (χ0v) is 66.1. The lowest BCUT2D eigenvalue weighted by molar-refractivity contribution is -0.208. The van der Waals surface area contributed by atoms with Crippen molar-refractivity contribution < 1.29 is 163 Å². The van der Waals surface area contributed by atoms with Crippen molar-refractivity contribution in [3.63, 3.8) is 0 Å². The average Bonchev–Trinajstić information content (AvgIpc) is 1.57. The molecule has 4 fully saturated rings. The van der Waals surface area contributed by atoms with Gasteiger partial charge in [-0.2, -0.15) is 0 Å². The lowest BCUT2D eigenvalue weighted by atomic mass is 10.1. The minimum Gasteiger partial charge on any atom is -0.404 e. The molecule has 16 rings (SSSR count). The number of benzene rings is 4. The molecule has 12 N–H and O–H groups in total. The number of phosphoric ester groups is 4. The third kappa shape index (κ3) is 18.7. The second-order valence-corrected chi connectivity index (χ2v) is 33.5. The SMILES string of the molecule is O=c1[nH]c(=O)n([C@@H]2O[C@](F)(COP3(=O)OCc4ccccc4O3)[C@@H](O)[C@H]2O)cc1Cl.[2H]C([2H])(OP1(=O)OCc2ccccc2O1)[C@@]1(F)O[C@@H](n2cc(Cl)c(=O)[nH]c2=O)[C@H](O)[C@@H]1O.[2H]C([2H])(OP1(=O)OCc2ccccc2O1)[C@@]1(F)O[C@@]([2H])(N2C=C(Cl)C(=O)NC2=C)[C@H](O)[C@@H]1O.[2H][C@@]1(n2cc(Cl)c(=O)[nH]c2=O)O[C@](F)(COP2(=O)OCc3ccccc3O2)[C@@H](O)[C@H]1O. The summed E-state index contributed by atoms with van der Waals surface area (Å²) in [7, 11) is -18.1. The maximum Gasteiger partial charge on any atom is 0.530 e. The number of fused-ring (bicyclic) bond motifs is 4. The van der Waals surface area contributed by atoms with Crippen molar-refractivity contribution in [3.05, 3.63) is 239 Å². The number of rotatable bonds is 16. The van der Waals surface area contributed by atoms with Gasteiger partial charge in [0.1, 0.15) is 124 Å². The summed E-state index contributed by atoms with van der Waals surface area (Å²) in [5.74, 6) is -15.0. The predicted octanol–water partition coefficient (Wildman–Crippen LogP) is 3.97. The van der Waals surface area contributed by atoms with Crippen molar-refractivity contribution in [3.8, 4) is 23.0 Å². The first-order valence-corrected chi connectivity index (χ1v) is 41.0. The van der Waals surface area contributed by atoms with Crippen molar-refractivity contribution in [1.82, 2.24) is 38.9 Å². The van der Waals surface area contributed by atoms with E-state index in [0.717, 1.165) is 12.4 Å². The van der Waals surface area contributed by atoms with Gasteiger partial charge in [0.05, 0.1) is 34.7 Å². The third-order valence-electron chi connectivity index (χ3n) is 17.6. The summed E-state index contributed by atoms with van der Waals surface area (Å²) >= 11 is 22.6. The summed E-state index contributed by atoms with van der Waals surface area (Å²) in [5.41, 5.74) is -4.26. The molecule has 120 heavy (non-hydrogen) atoms. The Morgan fingerprint density at radius 1 is 0.450 bits per heavy atom. The molecule has 0 aliphatic carbocycles. The number of hydrogen-bond donors (Lipinski definition) is 12. The number of carbonyl (C=O) groups is 1. The lowest BCUT2D eigenvalue weighted by Crippen LogP contribution is -2.47. The molecule has 648 valence electrons. The Morgan fingerprint density at radius 2 is 0.750 bits per heavy atom. The van der Waals surface area contributed by atoms with Gasteiger partial charge in [0.15, 0.2) is 24.9 Å². The molecule has 7 aromatic rings. The van der Waals surface area contributed by atoms with Crippen LogP contribution in [0, 0.1) is 0 Å². The van der Waals surface area contributed by atoms with E-state index < -0.39 is 214 Å². The number of nitrogens with one attached hydrogen (secondary N) is 4. The van der Waals surface area contributed by atoms with Crippen LogP contribution < -0.4 is 57.2 Å². The molecule has 4 saturated heterocycles. The second-order valence-electron chi connectivity index (χ2n) is 25.7. The Hall–Kier alpha value is -8.13. The molecular formula is C65H62Cl4F4N8O35P4. The van der Waals surface area contributed by atoms with Crippen LogP contribution >= 0.6 is 77.7 Å². The summed E-state index contributed by atoms with van der Waals surface area (Å²) in [5, 5.41) is 82.0. The van der Waals surface area contributed by atoms with E-state index in [1.165, 1.54) is 36.4 Å². The number of amides is 1. The number of halogens is 8. The van der Waals surface area contributed by atoms with Crippen LogP contribution in [0.25, 0.3) is 0 Å². The molecule has 0 spiro atoms. The summed E-state index contributed by atoms with van der Waals surface area (Å²) in [4.78, 5) is 87.8. The highest BCUT2D eigenvalue weighted by atomic mass is 35.5. The van der Waals surface area contributed by atoms with E-state index in [1.54, 1.807) is 70.6 Å². The van der Waals surface area contributed by atoms with Crippen molar-refractivity contribution in [2.45, 2.75) is 124 Å². The van der Waals surface area contributed by atoms with E-state index in [0.29, 0.717) is 48.7 Å². The van der Waals surface area contributed by atoms with E-state index in [9.17, 15) is 92.7 Å². The van der Waals surface area contributed by atoms with Crippen molar-refractivity contribution in [1.29, 1.82) is 0 Å². The minimum absolute atomic E-state index is 0.0405. The molecule has 0 bridgehead atoms. The largest absolute Gasteiger partial charge is 0.530 e. The quantitative estimate of drug-likeness (QED) is 0.0481. The fourth-order valence-electron chi connectivity index (χ4n) is 11.4. The van der Waals surface area contributed by atoms with Gasteiger partial charge in [-0.3, -0.25) is 84.0 Å². The van der Waals surface area contributed by atoms with Crippen molar-refractivity contribution >= 4 is 83.6 Å². The summed E-state index contributed by atoms with van der Waals surface area (Å²) in [6.45, 7) is -7.42. The number of nitrogens with zero attached hydrogens (tertiary/aromatic N) is 4. The van der Waals surface area contributed by atoms with Crippen LogP contribution in [0.15, 0.2) is 168 Å². The van der Waals surface area contributed by atoms with E-state index in [-0.39, 0.29) is 59.8 Å². The van der Waals surface area contributed by atoms with E-state index in [2.05, 4.69) is 16.4 Å². The normalized spacial score (nSPS) is 36.1. The highest BCUT2D eigenvalue weighted by Crippen LogP contribution is 2.60. The van der Waals surface area contributed by atoms with Gasteiger partial charge in [-0.05, 0) is 24.3 Å². The first-order valence-electron chi connectivity index (χ1n) is 36.6. The van der Waals surface area contributed by atoms with Crippen LogP contribution in [0.5, 0.6) is 23.0 Å². The van der Waals surface area contributed by atoms with Crippen molar-refractivity contribution in [2.75, 3.05) is 26.3 Å². The third-order valence-corrected chi connectivity index (χ3v) is 23.6. The molecule has 20 atom stereocenters. The molecule has 4 aromatic carbocycles. The molecule has 12 heterocycles. The van der Waals surface area contributed by atoms with E-state index in [1.807, 2.05) is 4.98 Å². The van der Waals surface area contributed by atoms with Gasteiger partial charge in [0, 0.05) is 47.0 Å². The Bertz CT molecular complexity index is 6110. The van der Waals surface area contributed by atoms with Gasteiger partial charge in [0.25, 0.3) is 46.0 Å². The molecular weight excluding hydrogens is 1790 g/mol. The number of aliphatic hydroxyl groups excluding tert-OH is 8.